The van der Waals surface area contributed by atoms with E-state index in [1.807, 2.05) is 43.3 Å². The summed E-state index contributed by atoms with van der Waals surface area (Å²) in [6, 6.07) is 19.8. The minimum atomic E-state index is -0.293. The van der Waals surface area contributed by atoms with Crippen LogP contribution >= 0.6 is 0 Å². The summed E-state index contributed by atoms with van der Waals surface area (Å²) < 4.78 is 28.0. The number of aryl methyl sites for hydroxylation is 1. The lowest BCUT2D eigenvalue weighted by atomic mass is 9.97. The molecule has 0 aromatic heterocycles. The molecule has 3 rings (SSSR count). The molecule has 0 fully saturated rings. The third-order valence-electron chi connectivity index (χ3n) is 3.92. The normalized spacial score (nSPS) is 10.7. The number of hydrogen-bond acceptors (Lipinski definition) is 0. The Morgan fingerprint density at radius 1 is 0.696 bits per heavy atom. The Hall–Kier alpha value is -2.48. The van der Waals surface area contributed by atoms with Gasteiger partial charge in [-0.25, -0.2) is 8.78 Å². The molecule has 0 heterocycles. The van der Waals surface area contributed by atoms with E-state index in [-0.39, 0.29) is 11.6 Å². The van der Waals surface area contributed by atoms with Gasteiger partial charge < -0.3 is 0 Å². The van der Waals surface area contributed by atoms with Crippen LogP contribution < -0.4 is 0 Å². The Labute approximate surface area is 135 Å². The summed E-state index contributed by atoms with van der Waals surface area (Å²) >= 11 is 0. The van der Waals surface area contributed by atoms with E-state index in [1.54, 1.807) is 12.1 Å². The van der Waals surface area contributed by atoms with Gasteiger partial charge in [0.15, 0.2) is 0 Å². The molecule has 116 valence electrons. The molecule has 0 saturated carbocycles. The van der Waals surface area contributed by atoms with Gasteiger partial charge in [-0.1, -0.05) is 60.2 Å². The lowest BCUT2D eigenvalue weighted by Crippen LogP contribution is -1.99. The zero-order valence-corrected chi connectivity index (χ0v) is 13.0. The minimum Gasteiger partial charge on any atom is -0.207 e. The van der Waals surface area contributed by atoms with Crippen LogP contribution in [0, 0.1) is 18.6 Å². The molecule has 0 N–H and O–H groups in total. The van der Waals surface area contributed by atoms with Crippen LogP contribution in [-0.4, -0.2) is 0 Å². The van der Waals surface area contributed by atoms with Crippen LogP contribution in [0.4, 0.5) is 8.78 Å². The third-order valence-corrected chi connectivity index (χ3v) is 3.92. The Bertz CT molecular complexity index is 756. The van der Waals surface area contributed by atoms with Crippen molar-refractivity contribution < 1.29 is 8.78 Å². The summed E-state index contributed by atoms with van der Waals surface area (Å²) in [6.45, 7) is 2.03. The Kier molecular flexibility index (Phi) is 4.52. The van der Waals surface area contributed by atoms with Crippen molar-refractivity contribution in [1.29, 1.82) is 0 Å². The second kappa shape index (κ2) is 6.74. The fourth-order valence-electron chi connectivity index (χ4n) is 2.81. The first kappa shape index (κ1) is 15.4. The molecule has 0 aliphatic heterocycles. The van der Waals surface area contributed by atoms with Gasteiger partial charge >= 0.3 is 0 Å². The van der Waals surface area contributed by atoms with E-state index in [0.717, 1.165) is 11.1 Å². The topological polar surface area (TPSA) is 0 Å². The molecule has 0 aliphatic carbocycles. The van der Waals surface area contributed by atoms with Crippen molar-refractivity contribution in [3.63, 3.8) is 0 Å². The number of hydrogen-bond donors (Lipinski definition) is 0. The summed E-state index contributed by atoms with van der Waals surface area (Å²) in [6.07, 6.45) is 0.954. The van der Waals surface area contributed by atoms with Crippen molar-refractivity contribution in [2.45, 2.75) is 19.8 Å². The van der Waals surface area contributed by atoms with E-state index in [4.69, 9.17) is 0 Å². The molecule has 0 saturated heterocycles. The molecule has 0 spiro atoms. The van der Waals surface area contributed by atoms with Gasteiger partial charge in [0.2, 0.25) is 0 Å². The standard InChI is InChI=1S/C21H18F2/c1-15-5-2-6-16(11-15)12-18-8-4-9-19(21(18)23)13-17-7-3-10-20(22)14-17/h2-11,14H,12-13H2,1H3. The van der Waals surface area contributed by atoms with Crippen LogP contribution in [0.1, 0.15) is 27.8 Å². The largest absolute Gasteiger partial charge is 0.207 e. The highest BCUT2D eigenvalue weighted by molar-refractivity contribution is 5.35. The predicted molar refractivity (Wildman–Crippen MR) is 89.6 cm³/mol. The van der Waals surface area contributed by atoms with Gasteiger partial charge in [-0.2, -0.15) is 0 Å². The van der Waals surface area contributed by atoms with Gasteiger partial charge in [0.1, 0.15) is 11.6 Å². The summed E-state index contributed by atoms with van der Waals surface area (Å²) in [5.41, 5.74) is 4.30. The maximum absolute atomic E-state index is 14.8. The summed E-state index contributed by atoms with van der Waals surface area (Å²) in [7, 11) is 0. The molecular weight excluding hydrogens is 290 g/mol. The number of benzene rings is 3. The van der Waals surface area contributed by atoms with E-state index in [9.17, 15) is 8.78 Å². The Morgan fingerprint density at radius 3 is 1.87 bits per heavy atom. The fraction of sp³-hybridized carbons (Fsp3) is 0.143. The average molecular weight is 308 g/mol. The second-order valence-electron chi connectivity index (χ2n) is 5.86. The van der Waals surface area contributed by atoms with Gasteiger partial charge in [0.25, 0.3) is 0 Å². The summed E-state index contributed by atoms with van der Waals surface area (Å²) in [5, 5.41) is 0. The van der Waals surface area contributed by atoms with Crippen molar-refractivity contribution in [2.75, 3.05) is 0 Å². The molecule has 2 heteroatoms. The maximum atomic E-state index is 14.8. The quantitative estimate of drug-likeness (QED) is 0.601. The zero-order valence-electron chi connectivity index (χ0n) is 13.0. The molecule has 0 radical (unpaired) electrons. The average Bonchev–Trinajstić information content (AvgIpc) is 2.51. The van der Waals surface area contributed by atoms with Gasteiger partial charge in [0.05, 0.1) is 0 Å². The highest BCUT2D eigenvalue weighted by Crippen LogP contribution is 2.20. The van der Waals surface area contributed by atoms with Crippen LogP contribution in [0.3, 0.4) is 0 Å². The van der Waals surface area contributed by atoms with Crippen LogP contribution in [0.25, 0.3) is 0 Å². The first-order chi connectivity index (χ1) is 11.1. The molecule has 0 bridgehead atoms. The second-order valence-corrected chi connectivity index (χ2v) is 5.86. The van der Waals surface area contributed by atoms with Crippen LogP contribution in [0.5, 0.6) is 0 Å². The van der Waals surface area contributed by atoms with Crippen molar-refractivity contribution in [3.8, 4) is 0 Å². The molecule has 0 nitrogen and oxygen atoms in total. The van der Waals surface area contributed by atoms with Crippen molar-refractivity contribution >= 4 is 0 Å². The van der Waals surface area contributed by atoms with Gasteiger partial charge in [-0.15, -0.1) is 0 Å². The van der Waals surface area contributed by atoms with Crippen molar-refractivity contribution in [1.82, 2.24) is 0 Å². The van der Waals surface area contributed by atoms with Gasteiger partial charge in [0, 0.05) is 12.8 Å². The lowest BCUT2D eigenvalue weighted by molar-refractivity contribution is 0.599. The molecule has 0 atom stereocenters. The monoisotopic (exact) mass is 308 g/mol. The van der Waals surface area contributed by atoms with E-state index in [2.05, 4.69) is 6.07 Å². The number of rotatable bonds is 4. The summed E-state index contributed by atoms with van der Waals surface area (Å²) in [4.78, 5) is 0. The zero-order chi connectivity index (χ0) is 16.2. The smallest absolute Gasteiger partial charge is 0.130 e. The van der Waals surface area contributed by atoms with Crippen molar-refractivity contribution in [2.24, 2.45) is 0 Å². The first-order valence-corrected chi connectivity index (χ1v) is 7.68. The van der Waals surface area contributed by atoms with Gasteiger partial charge in [-0.3, -0.25) is 0 Å². The van der Waals surface area contributed by atoms with E-state index < -0.39 is 0 Å². The molecule has 23 heavy (non-hydrogen) atoms. The molecular formula is C21H18F2. The van der Waals surface area contributed by atoms with Crippen molar-refractivity contribution in [3.05, 3.63) is 106 Å². The van der Waals surface area contributed by atoms with Crippen LogP contribution in [0.15, 0.2) is 66.7 Å². The Balaban J connectivity index is 1.86. The summed E-state index contributed by atoms with van der Waals surface area (Å²) in [5.74, 6) is -0.489. The molecule has 3 aromatic carbocycles. The molecule has 3 aromatic rings. The SMILES string of the molecule is Cc1cccc(Cc2cccc(Cc3cccc(F)c3)c2F)c1. The maximum Gasteiger partial charge on any atom is 0.130 e. The van der Waals surface area contributed by atoms with Crippen LogP contribution in [0.2, 0.25) is 0 Å². The predicted octanol–water partition coefficient (Wildman–Crippen LogP) is 5.45. The molecule has 0 unspecified atom stereocenters. The first-order valence-electron chi connectivity index (χ1n) is 7.68. The molecule has 0 aliphatic rings. The van der Waals surface area contributed by atoms with E-state index in [1.165, 1.54) is 17.7 Å². The van der Waals surface area contributed by atoms with Crippen LogP contribution in [-0.2, 0) is 12.8 Å². The molecule has 0 amide bonds. The van der Waals surface area contributed by atoms with Gasteiger partial charge in [-0.05, 0) is 41.3 Å². The minimum absolute atomic E-state index is 0.196. The van der Waals surface area contributed by atoms with E-state index in [0.29, 0.717) is 24.0 Å². The third kappa shape index (κ3) is 3.84. The number of halogens is 2. The highest BCUT2D eigenvalue weighted by Gasteiger charge is 2.10. The van der Waals surface area contributed by atoms with E-state index >= 15 is 0 Å². The lowest BCUT2D eigenvalue weighted by Gasteiger charge is -2.09. The fourth-order valence-corrected chi connectivity index (χ4v) is 2.81. The Morgan fingerprint density at radius 2 is 1.26 bits per heavy atom. The highest BCUT2D eigenvalue weighted by atomic mass is 19.1.